The molecule has 0 bridgehead atoms. The van der Waals surface area contributed by atoms with Gasteiger partial charge in [-0.05, 0) is 48.9 Å². The van der Waals surface area contributed by atoms with E-state index in [0.717, 1.165) is 5.52 Å². The van der Waals surface area contributed by atoms with E-state index in [9.17, 15) is 14.0 Å². The lowest BCUT2D eigenvalue weighted by molar-refractivity contribution is -0.122. The molecule has 1 aromatic heterocycles. The van der Waals surface area contributed by atoms with Gasteiger partial charge in [0.05, 0.1) is 17.8 Å². The minimum Gasteiger partial charge on any atom is -0.494 e. The number of rotatable bonds is 6. The summed E-state index contributed by atoms with van der Waals surface area (Å²) in [5.41, 5.74) is 7.79. The summed E-state index contributed by atoms with van der Waals surface area (Å²) in [6, 6.07) is 11.4. The summed E-state index contributed by atoms with van der Waals surface area (Å²) in [5.74, 6) is -0.820. The highest BCUT2D eigenvalue weighted by Gasteiger charge is 2.34. The molecule has 148 valence electrons. The normalized spacial score (nSPS) is 14.0. The number of amides is 2. The van der Waals surface area contributed by atoms with Crippen LogP contribution in [0.25, 0.3) is 22.0 Å². The zero-order valence-corrected chi connectivity index (χ0v) is 15.9. The maximum absolute atomic E-state index is 13.9. The SMILES string of the molecule is Cn1cc(C2=C(c3cccc(OCCCN)c3)C(=O)NC2=O)c2cc(F)ccc21. The van der Waals surface area contributed by atoms with Crippen LogP contribution in [0.3, 0.4) is 0 Å². The van der Waals surface area contributed by atoms with E-state index in [1.165, 1.54) is 12.1 Å². The van der Waals surface area contributed by atoms with Gasteiger partial charge in [-0.3, -0.25) is 14.9 Å². The van der Waals surface area contributed by atoms with Crippen molar-refractivity contribution in [2.24, 2.45) is 12.8 Å². The van der Waals surface area contributed by atoms with Crippen LogP contribution in [0.1, 0.15) is 17.5 Å². The van der Waals surface area contributed by atoms with Crippen LogP contribution >= 0.6 is 0 Å². The van der Waals surface area contributed by atoms with E-state index in [1.807, 2.05) is 7.05 Å². The Bertz CT molecular complexity index is 1160. The number of hydrogen-bond donors (Lipinski definition) is 2. The summed E-state index contributed by atoms with van der Waals surface area (Å²) in [6.45, 7) is 0.975. The third-order valence-corrected chi connectivity index (χ3v) is 4.89. The number of benzene rings is 2. The Labute approximate surface area is 166 Å². The molecule has 2 heterocycles. The molecule has 0 saturated carbocycles. The van der Waals surface area contributed by atoms with Gasteiger partial charge in [0.2, 0.25) is 0 Å². The molecule has 0 aliphatic carbocycles. The molecule has 1 aliphatic heterocycles. The second-order valence-corrected chi connectivity index (χ2v) is 6.87. The molecule has 29 heavy (non-hydrogen) atoms. The van der Waals surface area contributed by atoms with Crippen LogP contribution in [-0.4, -0.2) is 29.5 Å². The van der Waals surface area contributed by atoms with Crippen LogP contribution in [0.2, 0.25) is 0 Å². The first kappa shape index (κ1) is 18.9. The van der Waals surface area contributed by atoms with Crippen molar-refractivity contribution in [3.63, 3.8) is 0 Å². The number of ether oxygens (including phenoxy) is 1. The first-order valence-electron chi connectivity index (χ1n) is 9.28. The van der Waals surface area contributed by atoms with E-state index < -0.39 is 17.6 Å². The molecule has 0 saturated heterocycles. The lowest BCUT2D eigenvalue weighted by atomic mass is 9.96. The van der Waals surface area contributed by atoms with Crippen molar-refractivity contribution in [1.29, 1.82) is 0 Å². The number of imide groups is 1. The van der Waals surface area contributed by atoms with E-state index in [1.54, 1.807) is 41.1 Å². The smallest absolute Gasteiger partial charge is 0.259 e. The van der Waals surface area contributed by atoms with Crippen molar-refractivity contribution in [1.82, 2.24) is 9.88 Å². The molecule has 0 radical (unpaired) electrons. The molecular weight excluding hydrogens is 373 g/mol. The number of carbonyl (C=O) groups excluding carboxylic acids is 2. The largest absolute Gasteiger partial charge is 0.494 e. The summed E-state index contributed by atoms with van der Waals surface area (Å²) in [4.78, 5) is 25.3. The Morgan fingerprint density at radius 2 is 1.90 bits per heavy atom. The van der Waals surface area contributed by atoms with Gasteiger partial charge in [0.15, 0.2) is 0 Å². The Morgan fingerprint density at radius 3 is 2.69 bits per heavy atom. The number of halogens is 1. The van der Waals surface area contributed by atoms with Gasteiger partial charge in [-0.1, -0.05) is 12.1 Å². The van der Waals surface area contributed by atoms with E-state index in [-0.39, 0.29) is 11.1 Å². The van der Waals surface area contributed by atoms with Crippen LogP contribution in [0.15, 0.2) is 48.7 Å². The van der Waals surface area contributed by atoms with Crippen molar-refractivity contribution in [3.8, 4) is 5.75 Å². The van der Waals surface area contributed by atoms with Crippen LogP contribution in [0.4, 0.5) is 4.39 Å². The number of hydrogen-bond acceptors (Lipinski definition) is 4. The first-order chi connectivity index (χ1) is 14.0. The van der Waals surface area contributed by atoms with Crippen LogP contribution in [0.5, 0.6) is 5.75 Å². The van der Waals surface area contributed by atoms with Gasteiger partial charge in [0, 0.05) is 29.7 Å². The number of nitrogens with zero attached hydrogens (tertiary/aromatic N) is 1. The summed E-state index contributed by atoms with van der Waals surface area (Å²) < 4.78 is 21.4. The van der Waals surface area contributed by atoms with E-state index in [4.69, 9.17) is 10.5 Å². The topological polar surface area (TPSA) is 86.3 Å². The maximum Gasteiger partial charge on any atom is 0.259 e. The van der Waals surface area contributed by atoms with Crippen LogP contribution in [-0.2, 0) is 16.6 Å². The number of nitrogens with one attached hydrogen (secondary N) is 1. The lowest BCUT2D eigenvalue weighted by Gasteiger charge is -2.08. The Balaban J connectivity index is 1.87. The standard InChI is InChI=1S/C22H20FN3O3/c1-26-12-17(16-11-14(23)6-7-18(16)26)20-19(21(27)25-22(20)28)13-4-2-5-15(10-13)29-9-3-8-24/h2,4-7,10-12H,3,8-9,24H2,1H3,(H,25,27,28). The van der Waals surface area contributed by atoms with Gasteiger partial charge in [-0.25, -0.2) is 4.39 Å². The molecular formula is C22H20FN3O3. The molecule has 7 heteroatoms. The molecule has 3 aromatic rings. The van der Waals surface area contributed by atoms with Gasteiger partial charge in [0.1, 0.15) is 11.6 Å². The molecule has 0 atom stereocenters. The van der Waals surface area contributed by atoms with Gasteiger partial charge in [0.25, 0.3) is 11.8 Å². The Hall–Kier alpha value is -3.45. The Morgan fingerprint density at radius 1 is 1.10 bits per heavy atom. The lowest BCUT2D eigenvalue weighted by Crippen LogP contribution is -2.22. The minimum atomic E-state index is -0.504. The number of aryl methyl sites for hydroxylation is 1. The second-order valence-electron chi connectivity index (χ2n) is 6.87. The fraction of sp³-hybridized carbons (Fsp3) is 0.182. The molecule has 6 nitrogen and oxygen atoms in total. The van der Waals surface area contributed by atoms with Crippen molar-refractivity contribution < 1.29 is 18.7 Å². The molecule has 2 amide bonds. The minimum absolute atomic E-state index is 0.227. The van der Waals surface area contributed by atoms with Crippen LogP contribution < -0.4 is 15.8 Å². The maximum atomic E-state index is 13.9. The van der Waals surface area contributed by atoms with Gasteiger partial charge in [-0.15, -0.1) is 0 Å². The number of carbonyl (C=O) groups is 2. The Kier molecular flexibility index (Phi) is 4.90. The second kappa shape index (κ2) is 7.52. The molecule has 4 rings (SSSR count). The monoisotopic (exact) mass is 393 g/mol. The first-order valence-corrected chi connectivity index (χ1v) is 9.28. The third-order valence-electron chi connectivity index (χ3n) is 4.89. The number of aromatic nitrogens is 1. The molecule has 0 fully saturated rings. The summed E-state index contributed by atoms with van der Waals surface area (Å²) in [5, 5.41) is 2.93. The quantitative estimate of drug-likeness (QED) is 0.498. The fourth-order valence-corrected chi connectivity index (χ4v) is 3.57. The average Bonchev–Trinajstić information content (AvgIpc) is 3.17. The zero-order chi connectivity index (χ0) is 20.5. The van der Waals surface area contributed by atoms with Gasteiger partial charge >= 0.3 is 0 Å². The predicted octanol–water partition coefficient (Wildman–Crippen LogP) is 2.61. The van der Waals surface area contributed by atoms with Crippen LogP contribution in [0, 0.1) is 5.82 Å². The number of fused-ring (bicyclic) bond motifs is 1. The third kappa shape index (κ3) is 3.40. The van der Waals surface area contributed by atoms with Gasteiger partial charge in [-0.2, -0.15) is 0 Å². The zero-order valence-electron chi connectivity index (χ0n) is 15.9. The van der Waals surface area contributed by atoms with Crippen molar-refractivity contribution in [2.75, 3.05) is 13.2 Å². The van der Waals surface area contributed by atoms with E-state index >= 15 is 0 Å². The summed E-state index contributed by atoms with van der Waals surface area (Å²) in [6.07, 6.45) is 2.44. The molecule has 1 aliphatic rings. The molecule has 0 unspecified atom stereocenters. The molecule has 2 aromatic carbocycles. The highest BCUT2D eigenvalue weighted by Crippen LogP contribution is 2.36. The average molecular weight is 393 g/mol. The molecule has 3 N–H and O–H groups in total. The van der Waals surface area contributed by atoms with Crippen molar-refractivity contribution >= 4 is 33.9 Å². The summed E-state index contributed by atoms with van der Waals surface area (Å²) >= 11 is 0. The predicted molar refractivity (Wildman–Crippen MR) is 108 cm³/mol. The number of nitrogens with two attached hydrogens (primary N) is 1. The van der Waals surface area contributed by atoms with E-state index in [2.05, 4.69) is 5.32 Å². The highest BCUT2D eigenvalue weighted by molar-refractivity contribution is 6.50. The highest BCUT2D eigenvalue weighted by atomic mass is 19.1. The summed E-state index contributed by atoms with van der Waals surface area (Å²) in [7, 11) is 1.81. The fourth-order valence-electron chi connectivity index (χ4n) is 3.57. The van der Waals surface area contributed by atoms with Crippen molar-refractivity contribution in [3.05, 3.63) is 65.6 Å². The van der Waals surface area contributed by atoms with E-state index in [0.29, 0.717) is 41.8 Å². The van der Waals surface area contributed by atoms with Crippen molar-refractivity contribution in [2.45, 2.75) is 6.42 Å². The van der Waals surface area contributed by atoms with Gasteiger partial charge < -0.3 is 15.0 Å². The molecule has 0 spiro atoms.